The first-order valence-corrected chi connectivity index (χ1v) is 20.4. The SMILES string of the molecule is Cc1cc(C)cc(-c2ccc3c4ccc(-c5cc(C)cc(C)c5)cc4n(-c4cc(-c5c(F)cccc5F)ccc4-c4nc(-c5ccccc5)nc(-c5ccccc5)n4)c3c2)c1. The molecular weight excluding hydrogens is 755 g/mol. The first-order chi connectivity index (χ1) is 29.7. The van der Waals surface area contributed by atoms with E-state index in [1.54, 1.807) is 6.07 Å². The summed E-state index contributed by atoms with van der Waals surface area (Å²) < 4.78 is 33.7. The van der Waals surface area contributed by atoms with Gasteiger partial charge in [-0.25, -0.2) is 23.7 Å². The fourth-order valence-corrected chi connectivity index (χ4v) is 8.68. The lowest BCUT2D eigenvalue weighted by Gasteiger charge is -2.17. The molecule has 4 nitrogen and oxygen atoms in total. The second kappa shape index (κ2) is 15.2. The summed E-state index contributed by atoms with van der Waals surface area (Å²) in [5.41, 5.74) is 14.2. The van der Waals surface area contributed by atoms with E-state index in [9.17, 15) is 0 Å². The summed E-state index contributed by atoms with van der Waals surface area (Å²) >= 11 is 0. The highest BCUT2D eigenvalue weighted by Crippen LogP contribution is 2.42. The molecule has 8 aromatic carbocycles. The van der Waals surface area contributed by atoms with Crippen molar-refractivity contribution in [1.29, 1.82) is 0 Å². The molecule has 0 aliphatic heterocycles. The van der Waals surface area contributed by atoms with E-state index in [0.29, 0.717) is 34.3 Å². The highest BCUT2D eigenvalue weighted by molar-refractivity contribution is 6.11. The number of hydrogen-bond acceptors (Lipinski definition) is 3. The fourth-order valence-electron chi connectivity index (χ4n) is 8.68. The van der Waals surface area contributed by atoms with E-state index < -0.39 is 11.6 Å². The van der Waals surface area contributed by atoms with Crippen LogP contribution < -0.4 is 0 Å². The highest BCUT2D eigenvalue weighted by Gasteiger charge is 2.23. The van der Waals surface area contributed by atoms with Crippen LogP contribution in [-0.4, -0.2) is 19.5 Å². The molecule has 294 valence electrons. The Hall–Kier alpha value is -7.57. The van der Waals surface area contributed by atoms with Crippen LogP contribution in [0.3, 0.4) is 0 Å². The molecule has 0 saturated heterocycles. The fraction of sp³-hybridized carbons (Fsp3) is 0.0727. The molecule has 0 amide bonds. The van der Waals surface area contributed by atoms with Crippen LogP contribution in [0.15, 0.2) is 170 Å². The molecule has 0 N–H and O–H groups in total. The lowest BCUT2D eigenvalue weighted by molar-refractivity contribution is 0.589. The van der Waals surface area contributed by atoms with Crippen molar-refractivity contribution in [1.82, 2.24) is 19.5 Å². The summed E-state index contributed by atoms with van der Waals surface area (Å²) in [5.74, 6) is 0.155. The molecule has 0 aliphatic carbocycles. The van der Waals surface area contributed by atoms with E-state index in [2.05, 4.69) is 105 Å². The van der Waals surface area contributed by atoms with Crippen LogP contribution in [0.1, 0.15) is 22.3 Å². The maximum atomic E-state index is 15.8. The van der Waals surface area contributed by atoms with E-state index in [1.807, 2.05) is 72.8 Å². The minimum atomic E-state index is -0.645. The number of halogens is 2. The van der Waals surface area contributed by atoms with E-state index >= 15 is 8.78 Å². The van der Waals surface area contributed by atoms with Crippen molar-refractivity contribution in [3.8, 4) is 73.2 Å². The van der Waals surface area contributed by atoms with Gasteiger partial charge in [-0.3, -0.25) is 0 Å². The summed E-state index contributed by atoms with van der Waals surface area (Å²) in [6, 6.07) is 55.5. The van der Waals surface area contributed by atoms with Gasteiger partial charge in [0, 0.05) is 27.5 Å². The number of benzene rings is 8. The third-order valence-corrected chi connectivity index (χ3v) is 11.3. The summed E-state index contributed by atoms with van der Waals surface area (Å²) in [6.45, 7) is 8.45. The highest BCUT2D eigenvalue weighted by atomic mass is 19.1. The Balaban J connectivity index is 1.33. The van der Waals surface area contributed by atoms with Gasteiger partial charge in [0.1, 0.15) is 11.6 Å². The molecule has 0 fully saturated rings. The minimum Gasteiger partial charge on any atom is -0.308 e. The van der Waals surface area contributed by atoms with Gasteiger partial charge in [0.25, 0.3) is 0 Å². The molecule has 2 aromatic heterocycles. The topological polar surface area (TPSA) is 43.6 Å². The molecule has 0 spiro atoms. The molecule has 10 rings (SSSR count). The van der Waals surface area contributed by atoms with Gasteiger partial charge in [0.05, 0.1) is 22.3 Å². The average Bonchev–Trinajstić information content (AvgIpc) is 3.59. The van der Waals surface area contributed by atoms with Crippen LogP contribution in [-0.2, 0) is 0 Å². The molecule has 0 radical (unpaired) electrons. The predicted octanol–water partition coefficient (Wildman–Crippen LogP) is 14.5. The molecular formula is C55H40F2N4. The van der Waals surface area contributed by atoms with Crippen molar-refractivity contribution in [3.63, 3.8) is 0 Å². The number of fused-ring (bicyclic) bond motifs is 3. The van der Waals surface area contributed by atoms with E-state index in [0.717, 1.165) is 55.2 Å². The van der Waals surface area contributed by atoms with E-state index in [-0.39, 0.29) is 5.56 Å². The van der Waals surface area contributed by atoms with Gasteiger partial charge in [0.15, 0.2) is 17.5 Å². The monoisotopic (exact) mass is 794 g/mol. The Morgan fingerprint density at radius 1 is 0.361 bits per heavy atom. The first-order valence-electron chi connectivity index (χ1n) is 20.4. The first kappa shape index (κ1) is 37.7. The van der Waals surface area contributed by atoms with Crippen LogP contribution in [0.25, 0.3) is 95.0 Å². The summed E-state index contributed by atoms with van der Waals surface area (Å²) in [5, 5.41) is 2.07. The molecule has 10 aromatic rings. The number of aromatic nitrogens is 4. The second-order valence-corrected chi connectivity index (χ2v) is 15.9. The van der Waals surface area contributed by atoms with Crippen LogP contribution in [0.2, 0.25) is 0 Å². The molecule has 0 unspecified atom stereocenters. The van der Waals surface area contributed by atoms with Crippen LogP contribution in [0, 0.1) is 39.3 Å². The van der Waals surface area contributed by atoms with Gasteiger partial charge in [0.2, 0.25) is 0 Å². The minimum absolute atomic E-state index is 0.103. The van der Waals surface area contributed by atoms with Gasteiger partial charge >= 0.3 is 0 Å². The molecule has 0 bridgehead atoms. The maximum absolute atomic E-state index is 15.8. The van der Waals surface area contributed by atoms with Crippen molar-refractivity contribution in [2.24, 2.45) is 0 Å². The predicted molar refractivity (Wildman–Crippen MR) is 246 cm³/mol. The van der Waals surface area contributed by atoms with Gasteiger partial charge in [-0.05, 0) is 91.9 Å². The summed E-state index contributed by atoms with van der Waals surface area (Å²) in [6.07, 6.45) is 0. The Bertz CT molecular complexity index is 3090. The van der Waals surface area contributed by atoms with Crippen LogP contribution in [0.4, 0.5) is 8.78 Å². The molecule has 0 aliphatic rings. The van der Waals surface area contributed by atoms with Crippen molar-refractivity contribution >= 4 is 21.8 Å². The lowest BCUT2D eigenvalue weighted by atomic mass is 9.98. The zero-order valence-corrected chi connectivity index (χ0v) is 34.2. The summed E-state index contributed by atoms with van der Waals surface area (Å²) in [4.78, 5) is 15.3. The second-order valence-electron chi connectivity index (χ2n) is 15.9. The smallest absolute Gasteiger partial charge is 0.166 e. The van der Waals surface area contributed by atoms with Crippen molar-refractivity contribution in [2.75, 3.05) is 0 Å². The number of rotatable bonds is 7. The summed E-state index contributed by atoms with van der Waals surface area (Å²) in [7, 11) is 0. The number of nitrogens with zero attached hydrogens (tertiary/aromatic N) is 4. The Morgan fingerprint density at radius 3 is 1.28 bits per heavy atom. The molecule has 2 heterocycles. The number of hydrogen-bond donors (Lipinski definition) is 0. The van der Waals surface area contributed by atoms with Crippen molar-refractivity contribution < 1.29 is 8.78 Å². The Kier molecular flexibility index (Phi) is 9.41. The van der Waals surface area contributed by atoms with Gasteiger partial charge in [-0.2, -0.15) is 0 Å². The van der Waals surface area contributed by atoms with E-state index in [1.165, 1.54) is 40.5 Å². The third-order valence-electron chi connectivity index (χ3n) is 11.3. The molecule has 6 heteroatoms. The molecule has 0 saturated carbocycles. The van der Waals surface area contributed by atoms with Crippen molar-refractivity contribution in [3.05, 3.63) is 204 Å². The Morgan fingerprint density at radius 2 is 0.803 bits per heavy atom. The molecule has 0 atom stereocenters. The average molecular weight is 795 g/mol. The van der Waals surface area contributed by atoms with Crippen molar-refractivity contribution in [2.45, 2.75) is 27.7 Å². The Labute approximate surface area is 353 Å². The lowest BCUT2D eigenvalue weighted by Crippen LogP contribution is -2.04. The zero-order valence-electron chi connectivity index (χ0n) is 34.2. The van der Waals surface area contributed by atoms with Crippen LogP contribution in [0.5, 0.6) is 0 Å². The normalized spacial score (nSPS) is 11.4. The molecule has 61 heavy (non-hydrogen) atoms. The van der Waals surface area contributed by atoms with Gasteiger partial charge in [-0.15, -0.1) is 0 Å². The zero-order chi connectivity index (χ0) is 41.8. The van der Waals surface area contributed by atoms with E-state index in [4.69, 9.17) is 15.0 Å². The quantitative estimate of drug-likeness (QED) is 0.161. The van der Waals surface area contributed by atoms with Gasteiger partial charge in [-0.1, -0.05) is 156 Å². The largest absolute Gasteiger partial charge is 0.308 e. The van der Waals surface area contributed by atoms with Gasteiger partial charge < -0.3 is 4.57 Å². The standard InChI is InChI=1S/C55H40F2N4/c1-33-24-34(2)27-42(26-33)39-18-21-44-45-22-19-40(43-28-35(3)25-36(4)29-43)31-50(45)61(49(44)30-39)51-32-41(52-47(56)16-11-17-48(52)57)20-23-46(51)55-59-53(37-12-7-5-8-13-37)58-54(60-55)38-14-9-6-10-15-38/h5-32H,1-4H3. The third kappa shape index (κ3) is 7.06. The maximum Gasteiger partial charge on any atom is 0.166 e. The van der Waals surface area contributed by atoms with Crippen LogP contribution >= 0.6 is 0 Å². The number of aryl methyl sites for hydroxylation is 4.